The largest absolute Gasteiger partial charge is 0.382 e. The van der Waals surface area contributed by atoms with E-state index in [9.17, 15) is 0 Å². The van der Waals surface area contributed by atoms with Crippen molar-refractivity contribution in [1.29, 1.82) is 0 Å². The van der Waals surface area contributed by atoms with E-state index in [1.807, 2.05) is 0 Å². The lowest BCUT2D eigenvalue weighted by molar-refractivity contribution is 0.568. The van der Waals surface area contributed by atoms with Gasteiger partial charge in [-0.05, 0) is 68.1 Å². The summed E-state index contributed by atoms with van der Waals surface area (Å²) in [6.45, 7) is 2.27. The van der Waals surface area contributed by atoms with Crippen LogP contribution in [-0.4, -0.2) is 6.04 Å². The molecule has 0 atom stereocenters. The summed E-state index contributed by atoms with van der Waals surface area (Å²) < 4.78 is 0. The summed E-state index contributed by atoms with van der Waals surface area (Å²) >= 11 is 0. The Hall–Kier alpha value is -0.980. The fourth-order valence-electron chi connectivity index (χ4n) is 3.07. The van der Waals surface area contributed by atoms with Crippen LogP contribution in [-0.2, 0) is 6.42 Å². The molecule has 0 saturated heterocycles. The third-order valence-electron chi connectivity index (χ3n) is 4.62. The highest BCUT2D eigenvalue weighted by Crippen LogP contribution is 2.45. The van der Waals surface area contributed by atoms with Gasteiger partial charge in [0.1, 0.15) is 0 Å². The Bertz CT molecular complexity index is 375. The Morgan fingerprint density at radius 1 is 1.00 bits per heavy atom. The molecule has 2 aliphatic carbocycles. The van der Waals surface area contributed by atoms with Gasteiger partial charge in [-0.15, -0.1) is 0 Å². The number of aryl methyl sites for hydroxylation is 1. The van der Waals surface area contributed by atoms with Gasteiger partial charge < -0.3 is 5.32 Å². The zero-order chi connectivity index (χ0) is 13.1. The van der Waals surface area contributed by atoms with Gasteiger partial charge in [-0.25, -0.2) is 0 Å². The Morgan fingerprint density at radius 3 is 2.16 bits per heavy atom. The average molecular weight is 257 g/mol. The molecule has 1 N–H and O–H groups in total. The molecule has 19 heavy (non-hydrogen) atoms. The Labute approximate surface area is 117 Å². The van der Waals surface area contributed by atoms with Gasteiger partial charge >= 0.3 is 0 Å². The number of rotatable bonds is 8. The molecule has 104 valence electrons. The molecule has 0 aliphatic heterocycles. The second-order valence-electron chi connectivity index (χ2n) is 6.50. The molecule has 1 aromatic rings. The van der Waals surface area contributed by atoms with Crippen molar-refractivity contribution in [3.63, 3.8) is 0 Å². The molecule has 0 heterocycles. The van der Waals surface area contributed by atoms with Crippen LogP contribution in [0.3, 0.4) is 0 Å². The van der Waals surface area contributed by atoms with E-state index in [1.54, 1.807) is 0 Å². The van der Waals surface area contributed by atoms with E-state index in [1.165, 1.54) is 62.6 Å². The van der Waals surface area contributed by atoms with Gasteiger partial charge in [-0.1, -0.05) is 31.9 Å². The summed E-state index contributed by atoms with van der Waals surface area (Å²) in [6.07, 6.45) is 11.0. The number of unbranched alkanes of at least 4 members (excludes halogenated alkanes) is 2. The smallest absolute Gasteiger partial charge is 0.0342 e. The van der Waals surface area contributed by atoms with Gasteiger partial charge in [0, 0.05) is 11.7 Å². The number of hydrogen-bond acceptors (Lipinski definition) is 1. The van der Waals surface area contributed by atoms with Crippen molar-refractivity contribution in [1.82, 2.24) is 0 Å². The van der Waals surface area contributed by atoms with Crippen LogP contribution < -0.4 is 5.32 Å². The maximum absolute atomic E-state index is 3.80. The first-order valence-electron chi connectivity index (χ1n) is 8.22. The minimum atomic E-state index is 0.769. The van der Waals surface area contributed by atoms with E-state index in [-0.39, 0.29) is 0 Å². The van der Waals surface area contributed by atoms with E-state index in [4.69, 9.17) is 0 Å². The number of benzene rings is 1. The fourth-order valence-corrected chi connectivity index (χ4v) is 3.07. The highest BCUT2D eigenvalue weighted by Gasteiger charge is 2.41. The topological polar surface area (TPSA) is 12.0 Å². The van der Waals surface area contributed by atoms with Crippen LogP contribution >= 0.6 is 0 Å². The minimum absolute atomic E-state index is 0.769. The second kappa shape index (κ2) is 5.98. The highest BCUT2D eigenvalue weighted by molar-refractivity contribution is 5.46. The first kappa shape index (κ1) is 13.0. The number of anilines is 1. The van der Waals surface area contributed by atoms with Gasteiger partial charge in [0.2, 0.25) is 0 Å². The van der Waals surface area contributed by atoms with Crippen molar-refractivity contribution in [2.24, 2.45) is 11.8 Å². The minimum Gasteiger partial charge on any atom is -0.382 e. The second-order valence-corrected chi connectivity index (χ2v) is 6.50. The molecule has 0 bridgehead atoms. The van der Waals surface area contributed by atoms with Crippen molar-refractivity contribution in [3.05, 3.63) is 29.8 Å². The monoisotopic (exact) mass is 257 g/mol. The lowest BCUT2D eigenvalue weighted by atomic mass is 10.0. The summed E-state index contributed by atoms with van der Waals surface area (Å²) in [5.41, 5.74) is 2.83. The van der Waals surface area contributed by atoms with E-state index >= 15 is 0 Å². The van der Waals surface area contributed by atoms with Crippen LogP contribution in [0.5, 0.6) is 0 Å². The molecular weight excluding hydrogens is 230 g/mol. The number of nitrogens with one attached hydrogen (secondary N) is 1. The van der Waals surface area contributed by atoms with Crippen LogP contribution in [0.2, 0.25) is 0 Å². The zero-order valence-electron chi connectivity index (χ0n) is 12.2. The Kier molecular flexibility index (Phi) is 4.10. The normalized spacial score (nSPS) is 18.8. The van der Waals surface area contributed by atoms with Crippen LogP contribution in [0, 0.1) is 11.8 Å². The van der Waals surface area contributed by atoms with Crippen molar-refractivity contribution < 1.29 is 0 Å². The zero-order valence-corrected chi connectivity index (χ0v) is 12.2. The third-order valence-corrected chi connectivity index (χ3v) is 4.62. The van der Waals surface area contributed by atoms with E-state index < -0.39 is 0 Å². The van der Waals surface area contributed by atoms with Crippen LogP contribution in [0.15, 0.2) is 24.3 Å². The average Bonchev–Trinajstić information content (AvgIpc) is 3.30. The van der Waals surface area contributed by atoms with Crippen LogP contribution in [0.4, 0.5) is 5.69 Å². The maximum Gasteiger partial charge on any atom is 0.0342 e. The predicted molar refractivity (Wildman–Crippen MR) is 82.5 cm³/mol. The van der Waals surface area contributed by atoms with Gasteiger partial charge in [0.25, 0.3) is 0 Å². The molecule has 1 heteroatoms. The molecule has 0 amide bonds. The first-order chi connectivity index (χ1) is 9.36. The summed E-state index contributed by atoms with van der Waals surface area (Å²) in [7, 11) is 0. The van der Waals surface area contributed by atoms with E-state index in [0.29, 0.717) is 0 Å². The summed E-state index contributed by atoms with van der Waals surface area (Å²) in [4.78, 5) is 0. The lowest BCUT2D eigenvalue weighted by Gasteiger charge is -2.19. The molecule has 0 aromatic heterocycles. The quantitative estimate of drug-likeness (QED) is 0.645. The van der Waals surface area contributed by atoms with Crippen molar-refractivity contribution in [2.75, 3.05) is 5.32 Å². The Morgan fingerprint density at radius 2 is 1.63 bits per heavy atom. The van der Waals surface area contributed by atoms with E-state index in [2.05, 4.69) is 36.5 Å². The van der Waals surface area contributed by atoms with Crippen molar-refractivity contribution in [2.45, 2.75) is 64.3 Å². The Balaban J connectivity index is 1.52. The van der Waals surface area contributed by atoms with Crippen molar-refractivity contribution in [3.8, 4) is 0 Å². The van der Waals surface area contributed by atoms with Gasteiger partial charge in [0.15, 0.2) is 0 Å². The first-order valence-corrected chi connectivity index (χ1v) is 8.22. The lowest BCUT2D eigenvalue weighted by Crippen LogP contribution is -2.24. The molecule has 1 aromatic carbocycles. The molecule has 0 radical (unpaired) electrons. The molecule has 3 rings (SSSR count). The van der Waals surface area contributed by atoms with Gasteiger partial charge in [-0.3, -0.25) is 0 Å². The predicted octanol–water partition coefficient (Wildman–Crippen LogP) is 5.02. The fraction of sp³-hybridized carbons (Fsp3) is 0.667. The SMILES string of the molecule is CCCCCc1ccc(NC(C2CC2)C2CC2)cc1. The molecule has 2 saturated carbocycles. The van der Waals surface area contributed by atoms with Crippen LogP contribution in [0.25, 0.3) is 0 Å². The van der Waals surface area contributed by atoms with Gasteiger partial charge in [-0.2, -0.15) is 0 Å². The molecule has 0 spiro atoms. The number of hydrogen-bond donors (Lipinski definition) is 1. The van der Waals surface area contributed by atoms with E-state index in [0.717, 1.165) is 17.9 Å². The maximum atomic E-state index is 3.80. The third kappa shape index (κ3) is 3.75. The van der Waals surface area contributed by atoms with Crippen molar-refractivity contribution >= 4 is 5.69 Å². The molecule has 2 fully saturated rings. The highest BCUT2D eigenvalue weighted by atomic mass is 15.0. The van der Waals surface area contributed by atoms with Crippen LogP contribution in [0.1, 0.15) is 57.4 Å². The summed E-state index contributed by atoms with van der Waals surface area (Å²) in [5, 5.41) is 3.80. The molecule has 2 aliphatic rings. The summed E-state index contributed by atoms with van der Waals surface area (Å²) in [5.74, 6) is 1.94. The van der Waals surface area contributed by atoms with Gasteiger partial charge in [0.05, 0.1) is 0 Å². The standard InChI is InChI=1S/C18H27N/c1-2-3-4-5-14-6-12-17(13-7-14)19-18(15-8-9-15)16-10-11-16/h6-7,12-13,15-16,18-19H,2-5,8-11H2,1H3. The summed E-state index contributed by atoms with van der Waals surface area (Å²) in [6, 6.07) is 9.98. The molecular formula is C18H27N. The molecule has 0 unspecified atom stereocenters. The molecule has 1 nitrogen and oxygen atoms in total.